The van der Waals surface area contributed by atoms with Gasteiger partial charge in [-0.3, -0.25) is 4.79 Å². The zero-order valence-corrected chi connectivity index (χ0v) is 11.5. The molecule has 0 radical (unpaired) electrons. The summed E-state index contributed by atoms with van der Waals surface area (Å²) in [6.45, 7) is 6.55. The minimum atomic E-state index is -0.0125. The van der Waals surface area contributed by atoms with Gasteiger partial charge in [0.25, 0.3) is 0 Å². The third kappa shape index (κ3) is 4.44. The summed E-state index contributed by atoms with van der Waals surface area (Å²) < 4.78 is 0. The largest absolute Gasteiger partial charge is 0.347 e. The first-order chi connectivity index (χ1) is 8.04. The Bertz CT molecular complexity index is 364. The molecule has 2 atom stereocenters. The van der Waals surface area contributed by atoms with Crippen LogP contribution < -0.4 is 11.1 Å². The van der Waals surface area contributed by atoms with Crippen molar-refractivity contribution in [3.63, 3.8) is 0 Å². The van der Waals surface area contributed by atoms with Gasteiger partial charge < -0.3 is 11.1 Å². The second-order valence-electron chi connectivity index (χ2n) is 4.37. The summed E-state index contributed by atoms with van der Waals surface area (Å²) in [7, 11) is 0. The van der Waals surface area contributed by atoms with Crippen LogP contribution in [0.25, 0.3) is 0 Å². The second kappa shape index (κ2) is 6.71. The molecule has 5 heteroatoms. The Kier molecular flexibility index (Phi) is 5.58. The van der Waals surface area contributed by atoms with Crippen molar-refractivity contribution in [2.75, 3.05) is 6.54 Å². The number of carbonyl (C=O) groups excluding carboxylic acids is 1. The smallest absolute Gasteiger partial charge is 0.223 e. The minimum absolute atomic E-state index is 0.0125. The van der Waals surface area contributed by atoms with E-state index < -0.39 is 0 Å². The normalized spacial score (nSPS) is 14.4. The van der Waals surface area contributed by atoms with Gasteiger partial charge in [-0.2, -0.15) is 0 Å². The summed E-state index contributed by atoms with van der Waals surface area (Å²) in [4.78, 5) is 17.3. The molecule has 1 amide bonds. The number of aryl methyl sites for hydroxylation is 1. The highest BCUT2D eigenvalue weighted by Crippen LogP contribution is 2.19. The summed E-state index contributed by atoms with van der Waals surface area (Å²) >= 11 is 1.62. The SMILES string of the molecule is Cc1cnc(C(C)NC(=O)C(C)CCCN)s1. The first-order valence-corrected chi connectivity index (χ1v) is 6.79. The summed E-state index contributed by atoms with van der Waals surface area (Å²) in [6.07, 6.45) is 3.56. The van der Waals surface area contributed by atoms with Gasteiger partial charge in [0.05, 0.1) is 6.04 Å². The molecular formula is C12H21N3OS. The summed E-state index contributed by atoms with van der Waals surface area (Å²) in [5, 5.41) is 3.95. The lowest BCUT2D eigenvalue weighted by atomic mass is 10.0. The van der Waals surface area contributed by atoms with Crippen molar-refractivity contribution < 1.29 is 4.79 Å². The molecule has 0 saturated heterocycles. The molecule has 0 bridgehead atoms. The molecule has 0 aliphatic heterocycles. The molecule has 3 N–H and O–H groups in total. The minimum Gasteiger partial charge on any atom is -0.347 e. The molecule has 0 fully saturated rings. The van der Waals surface area contributed by atoms with Crippen LogP contribution in [0.2, 0.25) is 0 Å². The molecule has 4 nitrogen and oxygen atoms in total. The van der Waals surface area contributed by atoms with Crippen LogP contribution in [0.3, 0.4) is 0 Å². The summed E-state index contributed by atoms with van der Waals surface area (Å²) in [6, 6.07) is -0.0125. The maximum absolute atomic E-state index is 11.9. The van der Waals surface area contributed by atoms with Crippen molar-refractivity contribution in [3.05, 3.63) is 16.1 Å². The highest BCUT2D eigenvalue weighted by molar-refractivity contribution is 7.11. The number of rotatable bonds is 6. The maximum Gasteiger partial charge on any atom is 0.223 e. The van der Waals surface area contributed by atoms with Crippen molar-refractivity contribution >= 4 is 17.2 Å². The third-order valence-electron chi connectivity index (χ3n) is 2.66. The van der Waals surface area contributed by atoms with Gasteiger partial charge in [0, 0.05) is 17.0 Å². The van der Waals surface area contributed by atoms with Crippen molar-refractivity contribution in [2.24, 2.45) is 11.7 Å². The lowest BCUT2D eigenvalue weighted by Gasteiger charge is -2.15. The van der Waals surface area contributed by atoms with Gasteiger partial charge in [0.15, 0.2) is 0 Å². The van der Waals surface area contributed by atoms with Crippen LogP contribution in [0.4, 0.5) is 0 Å². The molecule has 0 spiro atoms. The van der Waals surface area contributed by atoms with Crippen LogP contribution in [0.1, 0.15) is 42.6 Å². The van der Waals surface area contributed by atoms with E-state index in [1.165, 1.54) is 0 Å². The Morgan fingerprint density at radius 1 is 1.59 bits per heavy atom. The number of carbonyl (C=O) groups is 1. The van der Waals surface area contributed by atoms with Gasteiger partial charge in [-0.1, -0.05) is 6.92 Å². The number of aromatic nitrogens is 1. The molecular weight excluding hydrogens is 234 g/mol. The number of thiazole rings is 1. The number of nitrogens with one attached hydrogen (secondary N) is 1. The molecule has 0 aliphatic carbocycles. The molecule has 0 aliphatic rings. The Morgan fingerprint density at radius 3 is 2.82 bits per heavy atom. The van der Waals surface area contributed by atoms with Gasteiger partial charge in [-0.15, -0.1) is 11.3 Å². The zero-order valence-electron chi connectivity index (χ0n) is 10.7. The van der Waals surface area contributed by atoms with E-state index in [1.54, 1.807) is 11.3 Å². The van der Waals surface area contributed by atoms with Gasteiger partial charge in [-0.05, 0) is 33.2 Å². The molecule has 0 aromatic carbocycles. The van der Waals surface area contributed by atoms with E-state index in [1.807, 2.05) is 27.0 Å². The lowest BCUT2D eigenvalue weighted by molar-refractivity contribution is -0.125. The van der Waals surface area contributed by atoms with Crippen molar-refractivity contribution in [1.29, 1.82) is 0 Å². The number of hydrogen-bond acceptors (Lipinski definition) is 4. The Balaban J connectivity index is 2.45. The quantitative estimate of drug-likeness (QED) is 0.817. The molecule has 1 heterocycles. The maximum atomic E-state index is 11.9. The Labute approximate surface area is 107 Å². The monoisotopic (exact) mass is 255 g/mol. The lowest BCUT2D eigenvalue weighted by Crippen LogP contribution is -2.31. The topological polar surface area (TPSA) is 68.0 Å². The van der Waals surface area contributed by atoms with Crippen LogP contribution in [0, 0.1) is 12.8 Å². The average molecular weight is 255 g/mol. The number of amides is 1. The number of nitrogens with two attached hydrogens (primary N) is 1. The van der Waals surface area contributed by atoms with E-state index in [9.17, 15) is 4.79 Å². The second-order valence-corrected chi connectivity index (χ2v) is 5.64. The van der Waals surface area contributed by atoms with Gasteiger partial charge in [0.1, 0.15) is 5.01 Å². The Morgan fingerprint density at radius 2 is 2.29 bits per heavy atom. The first kappa shape index (κ1) is 14.1. The highest BCUT2D eigenvalue weighted by Gasteiger charge is 2.17. The van der Waals surface area contributed by atoms with E-state index in [4.69, 9.17) is 5.73 Å². The molecule has 1 rings (SSSR count). The number of nitrogens with zero attached hydrogens (tertiary/aromatic N) is 1. The molecule has 17 heavy (non-hydrogen) atoms. The average Bonchev–Trinajstić information content (AvgIpc) is 2.72. The predicted molar refractivity (Wildman–Crippen MR) is 70.9 cm³/mol. The number of hydrogen-bond donors (Lipinski definition) is 2. The van der Waals surface area contributed by atoms with Crippen LogP contribution in [-0.4, -0.2) is 17.4 Å². The fourth-order valence-electron chi connectivity index (χ4n) is 1.54. The fourth-order valence-corrected chi connectivity index (χ4v) is 2.32. The highest BCUT2D eigenvalue weighted by atomic mass is 32.1. The standard InChI is InChI=1S/C12H21N3OS/c1-8(5-4-6-13)11(16)15-10(3)12-14-7-9(2)17-12/h7-8,10H,4-6,13H2,1-3H3,(H,15,16). The molecule has 1 aromatic heterocycles. The van der Waals surface area contributed by atoms with E-state index >= 15 is 0 Å². The molecule has 1 aromatic rings. The van der Waals surface area contributed by atoms with Crippen molar-refractivity contribution in [3.8, 4) is 0 Å². The van der Waals surface area contributed by atoms with Gasteiger partial charge in [0.2, 0.25) is 5.91 Å². The van der Waals surface area contributed by atoms with Crippen LogP contribution in [0.15, 0.2) is 6.20 Å². The molecule has 0 saturated carbocycles. The molecule has 2 unspecified atom stereocenters. The summed E-state index contributed by atoms with van der Waals surface area (Å²) in [5.41, 5.74) is 5.43. The van der Waals surface area contributed by atoms with E-state index in [0.29, 0.717) is 6.54 Å². The van der Waals surface area contributed by atoms with E-state index in [-0.39, 0.29) is 17.9 Å². The van der Waals surface area contributed by atoms with E-state index in [2.05, 4.69) is 10.3 Å². The zero-order chi connectivity index (χ0) is 12.8. The predicted octanol–water partition coefficient (Wildman–Crippen LogP) is 2.00. The van der Waals surface area contributed by atoms with Gasteiger partial charge in [-0.25, -0.2) is 4.98 Å². The van der Waals surface area contributed by atoms with E-state index in [0.717, 1.165) is 22.7 Å². The summed E-state index contributed by atoms with van der Waals surface area (Å²) in [5.74, 6) is 0.0980. The van der Waals surface area contributed by atoms with Gasteiger partial charge >= 0.3 is 0 Å². The van der Waals surface area contributed by atoms with Crippen LogP contribution >= 0.6 is 11.3 Å². The van der Waals surface area contributed by atoms with Crippen LogP contribution in [-0.2, 0) is 4.79 Å². The third-order valence-corrected chi connectivity index (χ3v) is 3.75. The van der Waals surface area contributed by atoms with Crippen LogP contribution in [0.5, 0.6) is 0 Å². The Hall–Kier alpha value is -0.940. The fraction of sp³-hybridized carbons (Fsp3) is 0.667. The van der Waals surface area contributed by atoms with Crippen molar-refractivity contribution in [2.45, 2.75) is 39.7 Å². The first-order valence-electron chi connectivity index (χ1n) is 5.97. The van der Waals surface area contributed by atoms with Crippen molar-refractivity contribution in [1.82, 2.24) is 10.3 Å². The molecule has 96 valence electrons.